The Hall–Kier alpha value is -2.76. The minimum atomic E-state index is -3.64. The number of nitrogens with one attached hydrogen (secondary N) is 1. The smallest absolute Gasteiger partial charge is 0.243 e. The molecule has 3 aromatic rings. The number of hydrogen-bond acceptors (Lipinski definition) is 8. The van der Waals surface area contributed by atoms with E-state index in [-0.39, 0.29) is 23.6 Å². The van der Waals surface area contributed by atoms with E-state index in [9.17, 15) is 13.2 Å². The average molecular weight is 478 g/mol. The van der Waals surface area contributed by atoms with E-state index < -0.39 is 10.0 Å². The molecule has 0 aliphatic heterocycles. The summed E-state index contributed by atoms with van der Waals surface area (Å²) in [5.41, 5.74) is 2.00. The van der Waals surface area contributed by atoms with Crippen molar-refractivity contribution < 1.29 is 17.7 Å². The Morgan fingerprint density at radius 3 is 2.56 bits per heavy atom. The molecule has 0 spiro atoms. The van der Waals surface area contributed by atoms with Gasteiger partial charge >= 0.3 is 0 Å². The summed E-state index contributed by atoms with van der Waals surface area (Å²) in [7, 11) is 0.00976. The van der Waals surface area contributed by atoms with Crippen LogP contribution in [0.5, 0.6) is 0 Å². The molecule has 1 N–H and O–H groups in total. The van der Waals surface area contributed by atoms with Gasteiger partial charge in [0.1, 0.15) is 0 Å². The van der Waals surface area contributed by atoms with Gasteiger partial charge in [-0.2, -0.15) is 20.6 Å². The van der Waals surface area contributed by atoms with Crippen molar-refractivity contribution in [3.05, 3.63) is 40.9 Å². The van der Waals surface area contributed by atoms with Gasteiger partial charge in [-0.25, -0.2) is 8.42 Å². The summed E-state index contributed by atoms with van der Waals surface area (Å²) in [6, 6.07) is 6.65. The molecule has 9 nitrogen and oxygen atoms in total. The van der Waals surface area contributed by atoms with Crippen molar-refractivity contribution in [3.63, 3.8) is 0 Å². The van der Waals surface area contributed by atoms with E-state index in [1.165, 1.54) is 21.7 Å². The molecule has 0 aliphatic rings. The fourth-order valence-corrected chi connectivity index (χ4v) is 5.30. The third-order valence-electron chi connectivity index (χ3n) is 4.88. The molecule has 0 saturated heterocycles. The molecule has 0 unspecified atom stereocenters. The molecule has 0 fully saturated rings. The Kier molecular flexibility index (Phi) is 7.64. The van der Waals surface area contributed by atoms with Crippen LogP contribution in [0.2, 0.25) is 0 Å². The number of rotatable bonds is 10. The highest BCUT2D eigenvalue weighted by Gasteiger charge is 2.23. The average Bonchev–Trinajstić information content (AvgIpc) is 3.44. The minimum Gasteiger partial charge on any atom is -0.376 e. The Balaban J connectivity index is 1.74. The van der Waals surface area contributed by atoms with E-state index in [2.05, 4.69) is 15.5 Å². The number of sulfonamides is 1. The van der Waals surface area contributed by atoms with Gasteiger partial charge in [0.15, 0.2) is 0 Å². The molecule has 0 bridgehead atoms. The number of aryl methyl sites for hydroxylation is 1. The number of thiophene rings is 1. The number of amides is 1. The molecule has 3 rings (SSSR count). The first-order valence-electron chi connectivity index (χ1n) is 10.2. The van der Waals surface area contributed by atoms with Crippen LogP contribution in [0.15, 0.2) is 44.4 Å². The fourth-order valence-electron chi connectivity index (χ4n) is 3.18. The highest BCUT2D eigenvalue weighted by atomic mass is 32.2. The molecule has 1 aromatic carbocycles. The predicted molar refractivity (Wildman–Crippen MR) is 125 cm³/mol. The third kappa shape index (κ3) is 5.34. The standard InChI is InChI=1S/C21H27N5O4S2/c1-5-26(6-2)32(28,29)16-7-8-18(25(3)4)17(13-16)22-19(27)9-10-20-23-21(24-30-20)15-11-12-31-14-15/h7-8,11-14H,5-6,9-10H2,1-4H3,(H,22,27). The van der Waals surface area contributed by atoms with Crippen molar-refractivity contribution in [2.24, 2.45) is 0 Å². The first-order chi connectivity index (χ1) is 15.3. The number of benzene rings is 1. The predicted octanol–water partition coefficient (Wildman–Crippen LogP) is 3.47. The first-order valence-corrected chi connectivity index (χ1v) is 12.6. The fraction of sp³-hybridized carbons (Fsp3) is 0.381. The van der Waals surface area contributed by atoms with E-state index in [0.29, 0.717) is 36.2 Å². The van der Waals surface area contributed by atoms with Crippen LogP contribution in [0.1, 0.15) is 26.2 Å². The lowest BCUT2D eigenvalue weighted by Crippen LogP contribution is -2.30. The van der Waals surface area contributed by atoms with Gasteiger partial charge in [-0.3, -0.25) is 4.79 Å². The Morgan fingerprint density at radius 1 is 1.19 bits per heavy atom. The molecule has 11 heteroatoms. The summed E-state index contributed by atoms with van der Waals surface area (Å²) in [4.78, 5) is 18.9. The summed E-state index contributed by atoms with van der Waals surface area (Å²) < 4.78 is 32.4. The zero-order valence-corrected chi connectivity index (χ0v) is 20.2. The zero-order valence-electron chi connectivity index (χ0n) is 18.5. The van der Waals surface area contributed by atoms with Crippen LogP contribution in [-0.2, 0) is 21.2 Å². The number of nitrogens with zero attached hydrogens (tertiary/aromatic N) is 4. The quantitative estimate of drug-likeness (QED) is 0.476. The van der Waals surface area contributed by atoms with E-state index in [0.717, 1.165) is 5.56 Å². The second kappa shape index (κ2) is 10.2. The van der Waals surface area contributed by atoms with Gasteiger partial charge in [0.2, 0.25) is 27.6 Å². The highest BCUT2D eigenvalue weighted by molar-refractivity contribution is 7.89. The summed E-state index contributed by atoms with van der Waals surface area (Å²) >= 11 is 1.54. The summed E-state index contributed by atoms with van der Waals surface area (Å²) in [6.07, 6.45) is 0.392. The first kappa shape index (κ1) is 23.9. The van der Waals surface area contributed by atoms with Crippen molar-refractivity contribution >= 4 is 38.6 Å². The molecule has 0 atom stereocenters. The zero-order chi connectivity index (χ0) is 23.3. The molecule has 32 heavy (non-hydrogen) atoms. The number of carbonyl (C=O) groups is 1. The van der Waals surface area contributed by atoms with Crippen LogP contribution < -0.4 is 10.2 Å². The van der Waals surface area contributed by atoms with E-state index in [1.54, 1.807) is 26.0 Å². The monoisotopic (exact) mass is 477 g/mol. The van der Waals surface area contributed by atoms with Gasteiger partial charge in [-0.1, -0.05) is 19.0 Å². The summed E-state index contributed by atoms with van der Waals surface area (Å²) in [5.74, 6) is 0.582. The lowest BCUT2D eigenvalue weighted by Gasteiger charge is -2.22. The van der Waals surface area contributed by atoms with Crippen LogP contribution in [0, 0.1) is 0 Å². The molecule has 0 aliphatic carbocycles. The number of hydrogen-bond donors (Lipinski definition) is 1. The third-order valence-corrected chi connectivity index (χ3v) is 7.61. The number of carbonyl (C=O) groups excluding carboxylic acids is 1. The summed E-state index contributed by atoms with van der Waals surface area (Å²) in [5, 5.41) is 10.6. The maximum Gasteiger partial charge on any atom is 0.243 e. The molecule has 2 aromatic heterocycles. The van der Waals surface area contributed by atoms with Crippen molar-refractivity contribution in [2.75, 3.05) is 37.4 Å². The van der Waals surface area contributed by atoms with Crippen LogP contribution >= 0.6 is 11.3 Å². The van der Waals surface area contributed by atoms with Gasteiger partial charge < -0.3 is 14.7 Å². The molecular formula is C21H27N5O4S2. The van der Waals surface area contributed by atoms with Gasteiger partial charge in [-0.05, 0) is 29.6 Å². The topological polar surface area (TPSA) is 109 Å². The molecule has 2 heterocycles. The van der Waals surface area contributed by atoms with Crippen molar-refractivity contribution in [1.29, 1.82) is 0 Å². The van der Waals surface area contributed by atoms with Gasteiger partial charge in [0.05, 0.1) is 16.3 Å². The van der Waals surface area contributed by atoms with Crippen LogP contribution in [-0.4, -0.2) is 56.0 Å². The van der Waals surface area contributed by atoms with E-state index >= 15 is 0 Å². The summed E-state index contributed by atoms with van der Waals surface area (Å²) in [6.45, 7) is 4.32. The van der Waals surface area contributed by atoms with E-state index in [1.807, 2.05) is 35.8 Å². The van der Waals surface area contributed by atoms with Gasteiger partial charge in [0.25, 0.3) is 0 Å². The maximum absolute atomic E-state index is 12.9. The molecule has 172 valence electrons. The van der Waals surface area contributed by atoms with Gasteiger partial charge in [-0.15, -0.1) is 0 Å². The largest absolute Gasteiger partial charge is 0.376 e. The molecule has 0 saturated carbocycles. The second-order valence-electron chi connectivity index (χ2n) is 7.23. The molecule has 1 amide bonds. The molecule has 0 radical (unpaired) electrons. The second-order valence-corrected chi connectivity index (χ2v) is 9.95. The minimum absolute atomic E-state index is 0.116. The van der Waals surface area contributed by atoms with Crippen LogP contribution in [0.3, 0.4) is 0 Å². The van der Waals surface area contributed by atoms with Crippen LogP contribution in [0.4, 0.5) is 11.4 Å². The Morgan fingerprint density at radius 2 is 1.94 bits per heavy atom. The number of aromatic nitrogens is 2. The molecular weight excluding hydrogens is 450 g/mol. The van der Waals surface area contributed by atoms with Crippen molar-refractivity contribution in [1.82, 2.24) is 14.4 Å². The maximum atomic E-state index is 12.9. The van der Waals surface area contributed by atoms with E-state index in [4.69, 9.17) is 4.52 Å². The van der Waals surface area contributed by atoms with Gasteiger partial charge in [0, 0.05) is 51.0 Å². The lowest BCUT2D eigenvalue weighted by atomic mass is 10.2. The van der Waals surface area contributed by atoms with Crippen molar-refractivity contribution in [3.8, 4) is 11.4 Å². The van der Waals surface area contributed by atoms with Crippen LogP contribution in [0.25, 0.3) is 11.4 Å². The highest BCUT2D eigenvalue weighted by Crippen LogP contribution is 2.29. The SMILES string of the molecule is CCN(CC)S(=O)(=O)c1ccc(N(C)C)c(NC(=O)CCc2nc(-c3ccsc3)no2)c1. The Labute approximate surface area is 192 Å². The van der Waals surface area contributed by atoms with Crippen molar-refractivity contribution in [2.45, 2.75) is 31.6 Å². The lowest BCUT2D eigenvalue weighted by molar-refractivity contribution is -0.116. The Bertz CT molecular complexity index is 1150. The number of anilines is 2. The normalized spacial score (nSPS) is 11.7.